The summed E-state index contributed by atoms with van der Waals surface area (Å²) in [5, 5.41) is 9.96. The highest BCUT2D eigenvalue weighted by molar-refractivity contribution is 5.91. The number of ether oxygens (including phenoxy) is 1. The molecule has 3 saturated carbocycles. The van der Waals surface area contributed by atoms with Crippen molar-refractivity contribution >= 4 is 11.8 Å². The Labute approximate surface area is 156 Å². The first kappa shape index (κ1) is 17.8. The van der Waals surface area contributed by atoms with Crippen LogP contribution < -0.4 is 0 Å². The highest BCUT2D eigenvalue weighted by Gasteiger charge is 2.66. The van der Waals surface area contributed by atoms with E-state index in [-0.39, 0.29) is 22.6 Å². The molecule has 0 unspecified atom stereocenters. The summed E-state index contributed by atoms with van der Waals surface area (Å²) in [4.78, 5) is 23.6. The third-order valence-electron chi connectivity index (χ3n) is 8.58. The molecule has 0 N–H and O–H groups in total. The number of hydrogen-bond acceptors (Lipinski definition) is 4. The van der Waals surface area contributed by atoms with Crippen molar-refractivity contribution in [2.24, 2.45) is 28.6 Å². The van der Waals surface area contributed by atoms with Crippen molar-refractivity contribution in [3.05, 3.63) is 11.6 Å². The van der Waals surface area contributed by atoms with Gasteiger partial charge < -0.3 is 4.74 Å². The van der Waals surface area contributed by atoms with Gasteiger partial charge in [-0.2, -0.15) is 5.26 Å². The van der Waals surface area contributed by atoms with Gasteiger partial charge in [0.05, 0.1) is 0 Å². The molecule has 0 bridgehead atoms. The molecule has 140 valence electrons. The summed E-state index contributed by atoms with van der Waals surface area (Å²) >= 11 is 0. The molecule has 0 aromatic rings. The fourth-order valence-electron chi connectivity index (χ4n) is 7.18. The highest BCUT2D eigenvalue weighted by atomic mass is 16.6. The minimum absolute atomic E-state index is 0.136. The standard InChI is InChI=1S/C22H29NO3/c1-14(24)26-22(13-23)11-8-19-17-5-4-15-12-16(25)6-9-20(15,2)18(17)7-10-21(19,22)3/h12,17-19H,4-11H2,1-3H3/t17-,18+,19-,20-,21-,22+/m0/s1. The van der Waals surface area contributed by atoms with Crippen LogP contribution in [0.3, 0.4) is 0 Å². The van der Waals surface area contributed by atoms with Crippen LogP contribution in [0.2, 0.25) is 0 Å². The number of nitrogens with zero attached hydrogens (tertiary/aromatic N) is 1. The van der Waals surface area contributed by atoms with Gasteiger partial charge in [-0.15, -0.1) is 0 Å². The number of allylic oxidation sites excluding steroid dienone is 1. The maximum Gasteiger partial charge on any atom is 0.304 e. The first-order valence-electron chi connectivity index (χ1n) is 10.1. The fourth-order valence-corrected chi connectivity index (χ4v) is 7.18. The van der Waals surface area contributed by atoms with Crippen LogP contribution in [0.1, 0.15) is 72.1 Å². The Bertz CT molecular complexity index is 734. The quantitative estimate of drug-likeness (QED) is 0.656. The van der Waals surface area contributed by atoms with Crippen molar-refractivity contribution in [1.29, 1.82) is 5.26 Å². The van der Waals surface area contributed by atoms with Crippen molar-refractivity contribution in [2.75, 3.05) is 0 Å². The second-order valence-corrected chi connectivity index (χ2v) is 9.50. The van der Waals surface area contributed by atoms with Gasteiger partial charge in [0, 0.05) is 25.2 Å². The third-order valence-corrected chi connectivity index (χ3v) is 8.58. The zero-order valence-electron chi connectivity index (χ0n) is 16.1. The molecule has 0 radical (unpaired) electrons. The number of fused-ring (bicyclic) bond motifs is 5. The monoisotopic (exact) mass is 355 g/mol. The summed E-state index contributed by atoms with van der Waals surface area (Å²) in [7, 11) is 0. The Morgan fingerprint density at radius 2 is 1.88 bits per heavy atom. The normalized spacial score (nSPS) is 47.1. The lowest BCUT2D eigenvalue weighted by Crippen LogP contribution is -2.55. The molecule has 4 heteroatoms. The van der Waals surface area contributed by atoms with Gasteiger partial charge in [0.15, 0.2) is 5.78 Å². The van der Waals surface area contributed by atoms with Crippen molar-refractivity contribution < 1.29 is 14.3 Å². The zero-order chi connectivity index (χ0) is 18.7. The van der Waals surface area contributed by atoms with E-state index in [1.165, 1.54) is 12.5 Å². The number of carbonyl (C=O) groups is 2. The van der Waals surface area contributed by atoms with E-state index in [1.54, 1.807) is 0 Å². The average molecular weight is 355 g/mol. The van der Waals surface area contributed by atoms with Gasteiger partial charge in [-0.3, -0.25) is 9.59 Å². The van der Waals surface area contributed by atoms with E-state index < -0.39 is 5.60 Å². The smallest absolute Gasteiger partial charge is 0.304 e. The number of carbonyl (C=O) groups excluding carboxylic acids is 2. The van der Waals surface area contributed by atoms with E-state index in [9.17, 15) is 14.9 Å². The van der Waals surface area contributed by atoms with Gasteiger partial charge in [-0.1, -0.05) is 19.4 Å². The van der Waals surface area contributed by atoms with Gasteiger partial charge in [0.1, 0.15) is 6.07 Å². The molecule has 6 atom stereocenters. The predicted molar refractivity (Wildman–Crippen MR) is 96.8 cm³/mol. The molecular weight excluding hydrogens is 326 g/mol. The maximum atomic E-state index is 11.9. The lowest BCUT2D eigenvalue weighted by molar-refractivity contribution is -0.169. The van der Waals surface area contributed by atoms with Crippen LogP contribution >= 0.6 is 0 Å². The molecule has 3 fully saturated rings. The summed E-state index contributed by atoms with van der Waals surface area (Å²) in [5.74, 6) is 1.52. The summed E-state index contributed by atoms with van der Waals surface area (Å²) in [6.45, 7) is 5.97. The van der Waals surface area contributed by atoms with Crippen LogP contribution in [0.15, 0.2) is 11.6 Å². The number of nitriles is 1. The fraction of sp³-hybridized carbons (Fsp3) is 0.773. The summed E-state index contributed by atoms with van der Waals surface area (Å²) < 4.78 is 5.69. The Morgan fingerprint density at radius 3 is 2.58 bits per heavy atom. The number of esters is 1. The molecule has 0 amide bonds. The molecule has 4 aliphatic carbocycles. The van der Waals surface area contributed by atoms with Crippen LogP contribution in [0.25, 0.3) is 0 Å². The SMILES string of the molecule is CC(=O)O[C@@]1(C#N)CC[C@H]2[C@H]3CCC4=CC(=O)CC[C@]4(C)[C@@H]3CC[C@@]21C. The molecule has 26 heavy (non-hydrogen) atoms. The molecule has 0 heterocycles. The van der Waals surface area contributed by atoms with Crippen molar-refractivity contribution in [2.45, 2.75) is 77.7 Å². The van der Waals surface area contributed by atoms with E-state index in [4.69, 9.17) is 4.74 Å². The highest BCUT2D eigenvalue weighted by Crippen LogP contribution is 2.68. The molecule has 4 aliphatic rings. The molecule has 4 nitrogen and oxygen atoms in total. The second kappa shape index (κ2) is 5.68. The van der Waals surface area contributed by atoms with Crippen molar-refractivity contribution in [3.8, 4) is 6.07 Å². The van der Waals surface area contributed by atoms with Crippen LogP contribution in [-0.4, -0.2) is 17.4 Å². The first-order valence-corrected chi connectivity index (χ1v) is 10.1. The Hall–Kier alpha value is -1.63. The average Bonchev–Trinajstić information content (AvgIpc) is 2.88. The van der Waals surface area contributed by atoms with Crippen molar-refractivity contribution in [1.82, 2.24) is 0 Å². The second-order valence-electron chi connectivity index (χ2n) is 9.50. The minimum Gasteiger partial charge on any atom is -0.443 e. The zero-order valence-corrected chi connectivity index (χ0v) is 16.1. The largest absolute Gasteiger partial charge is 0.443 e. The van der Waals surface area contributed by atoms with Crippen LogP contribution in [0.5, 0.6) is 0 Å². The van der Waals surface area contributed by atoms with E-state index in [0.717, 1.165) is 38.5 Å². The van der Waals surface area contributed by atoms with Crippen molar-refractivity contribution in [3.63, 3.8) is 0 Å². The first-order chi connectivity index (χ1) is 12.3. The van der Waals surface area contributed by atoms with E-state index in [1.807, 2.05) is 6.08 Å². The molecule has 0 aromatic carbocycles. The van der Waals surface area contributed by atoms with Gasteiger partial charge in [-0.25, -0.2) is 0 Å². The lowest BCUT2D eigenvalue weighted by Gasteiger charge is -2.58. The molecule has 0 aliphatic heterocycles. The van der Waals surface area contributed by atoms with Crippen LogP contribution in [0.4, 0.5) is 0 Å². The van der Waals surface area contributed by atoms with Gasteiger partial charge >= 0.3 is 5.97 Å². The summed E-state index contributed by atoms with van der Waals surface area (Å²) in [6.07, 6.45) is 9.28. The van der Waals surface area contributed by atoms with Crippen LogP contribution in [-0.2, 0) is 14.3 Å². The minimum atomic E-state index is -0.964. The number of hydrogen-bond donors (Lipinski definition) is 0. The number of ketones is 1. The van der Waals surface area contributed by atoms with Gasteiger partial charge in [-0.05, 0) is 67.8 Å². The van der Waals surface area contributed by atoms with Crippen LogP contribution in [0, 0.1) is 39.9 Å². The summed E-state index contributed by atoms with van der Waals surface area (Å²) in [5.41, 5.74) is 0.283. The Balaban J connectivity index is 1.69. The predicted octanol–water partition coefficient (Wildman–Crippen LogP) is 4.34. The number of rotatable bonds is 1. The molecular formula is C22H29NO3. The van der Waals surface area contributed by atoms with E-state index in [0.29, 0.717) is 30.6 Å². The lowest BCUT2D eigenvalue weighted by atomic mass is 9.46. The van der Waals surface area contributed by atoms with E-state index >= 15 is 0 Å². The topological polar surface area (TPSA) is 67.2 Å². The van der Waals surface area contributed by atoms with E-state index in [2.05, 4.69) is 19.9 Å². The Morgan fingerprint density at radius 1 is 1.15 bits per heavy atom. The molecule has 4 rings (SSSR count). The van der Waals surface area contributed by atoms with Gasteiger partial charge in [0.25, 0.3) is 0 Å². The summed E-state index contributed by atoms with van der Waals surface area (Å²) in [6, 6.07) is 2.42. The molecule has 0 saturated heterocycles. The Kier molecular flexibility index (Phi) is 3.88. The third kappa shape index (κ3) is 2.19. The van der Waals surface area contributed by atoms with Gasteiger partial charge in [0.2, 0.25) is 5.60 Å². The molecule has 0 aromatic heterocycles. The maximum absolute atomic E-state index is 11.9. The molecule has 0 spiro atoms.